The molecule has 1 aromatic carbocycles. The number of rotatable bonds is 5. The van der Waals surface area contributed by atoms with Crippen LogP contribution in [-0.4, -0.2) is 44.5 Å². The van der Waals surface area contributed by atoms with Gasteiger partial charge in [0, 0.05) is 18.1 Å². The first kappa shape index (κ1) is 17.9. The zero-order valence-corrected chi connectivity index (χ0v) is 14.0. The largest absolute Gasteiger partial charge is 0.455 e. The van der Waals surface area contributed by atoms with Crippen LogP contribution in [0.4, 0.5) is 0 Å². The summed E-state index contributed by atoms with van der Waals surface area (Å²) in [5.41, 5.74) is 6.33. The van der Waals surface area contributed by atoms with Crippen LogP contribution in [0.5, 0.6) is 0 Å². The average Bonchev–Trinajstić information content (AvgIpc) is 2.55. The van der Waals surface area contributed by atoms with E-state index >= 15 is 0 Å². The Hall–Kier alpha value is -1.40. The maximum Gasteiger partial charge on any atom is 0.320 e. The molecule has 1 aromatic rings. The molecule has 1 aliphatic rings. The molecule has 6 heteroatoms. The van der Waals surface area contributed by atoms with E-state index in [4.69, 9.17) is 31.5 Å². The standard InChI is InChI=1S/C17H22ClNO4/c1-11-10-22-14(8-5-12-3-6-13(18)7-4-12)17(16(11)21-2)23-15(20)9-19/h3-8,11,14,16-17H,9-10,19H2,1-2H3/t11-,14-,16-,17-/m0/s1. The minimum absolute atomic E-state index is 0.121. The van der Waals surface area contributed by atoms with Gasteiger partial charge in [-0.25, -0.2) is 0 Å². The van der Waals surface area contributed by atoms with E-state index in [0.29, 0.717) is 11.6 Å². The molecule has 1 heterocycles. The van der Waals surface area contributed by atoms with E-state index in [1.165, 1.54) is 0 Å². The first-order valence-corrected chi connectivity index (χ1v) is 7.90. The van der Waals surface area contributed by atoms with Crippen molar-refractivity contribution in [3.63, 3.8) is 0 Å². The molecule has 0 aliphatic carbocycles. The van der Waals surface area contributed by atoms with Crippen molar-refractivity contribution in [2.24, 2.45) is 11.7 Å². The van der Waals surface area contributed by atoms with Gasteiger partial charge >= 0.3 is 5.97 Å². The number of benzene rings is 1. The summed E-state index contributed by atoms with van der Waals surface area (Å²) in [4.78, 5) is 11.6. The van der Waals surface area contributed by atoms with Crippen molar-refractivity contribution in [1.82, 2.24) is 0 Å². The van der Waals surface area contributed by atoms with Gasteiger partial charge in [-0.1, -0.05) is 42.8 Å². The summed E-state index contributed by atoms with van der Waals surface area (Å²) in [6, 6.07) is 7.43. The Kier molecular flexibility index (Phi) is 6.59. The maximum atomic E-state index is 11.6. The molecule has 0 unspecified atom stereocenters. The summed E-state index contributed by atoms with van der Waals surface area (Å²) in [5.74, 6) is -0.351. The maximum absolute atomic E-state index is 11.6. The van der Waals surface area contributed by atoms with Crippen molar-refractivity contribution in [1.29, 1.82) is 0 Å². The second-order valence-electron chi connectivity index (χ2n) is 5.54. The minimum atomic E-state index is -0.525. The number of hydrogen-bond acceptors (Lipinski definition) is 5. The Morgan fingerprint density at radius 1 is 1.39 bits per heavy atom. The highest BCUT2D eigenvalue weighted by Crippen LogP contribution is 2.26. The SMILES string of the molecule is CO[C@@H]1[C@@H](OC(=O)CN)[C@H](C=Cc2ccc(Cl)cc2)OC[C@@H]1C. The fourth-order valence-electron chi connectivity index (χ4n) is 2.61. The number of ether oxygens (including phenoxy) is 3. The lowest BCUT2D eigenvalue weighted by molar-refractivity contribution is -0.189. The molecule has 0 aromatic heterocycles. The van der Waals surface area contributed by atoms with Crippen LogP contribution in [0.3, 0.4) is 0 Å². The number of carbonyl (C=O) groups excluding carboxylic acids is 1. The van der Waals surface area contributed by atoms with Crippen molar-refractivity contribution in [3.05, 3.63) is 40.9 Å². The Morgan fingerprint density at radius 2 is 2.09 bits per heavy atom. The molecule has 0 amide bonds. The molecule has 0 radical (unpaired) electrons. The highest BCUT2D eigenvalue weighted by molar-refractivity contribution is 6.30. The molecule has 126 valence electrons. The summed E-state index contributed by atoms with van der Waals surface area (Å²) in [7, 11) is 1.61. The molecular weight excluding hydrogens is 318 g/mol. The summed E-state index contributed by atoms with van der Waals surface area (Å²) < 4.78 is 16.8. The molecule has 1 saturated heterocycles. The molecule has 2 N–H and O–H groups in total. The van der Waals surface area contributed by atoms with Gasteiger partial charge in [-0.05, 0) is 17.7 Å². The smallest absolute Gasteiger partial charge is 0.320 e. The number of halogens is 1. The highest BCUT2D eigenvalue weighted by atomic mass is 35.5. The number of esters is 1. The number of hydrogen-bond donors (Lipinski definition) is 1. The van der Waals surface area contributed by atoms with Crippen LogP contribution in [0.1, 0.15) is 12.5 Å². The van der Waals surface area contributed by atoms with Gasteiger partial charge < -0.3 is 19.9 Å². The Labute approximate surface area is 141 Å². The predicted molar refractivity (Wildman–Crippen MR) is 89.1 cm³/mol. The molecule has 1 aliphatic heterocycles. The lowest BCUT2D eigenvalue weighted by Gasteiger charge is -2.39. The van der Waals surface area contributed by atoms with Gasteiger partial charge in [-0.2, -0.15) is 0 Å². The van der Waals surface area contributed by atoms with Gasteiger partial charge in [-0.15, -0.1) is 0 Å². The number of carbonyl (C=O) groups is 1. The van der Waals surface area contributed by atoms with Crippen molar-refractivity contribution < 1.29 is 19.0 Å². The quantitative estimate of drug-likeness (QED) is 0.833. The summed E-state index contributed by atoms with van der Waals surface area (Å²) in [6.07, 6.45) is 2.63. The van der Waals surface area contributed by atoms with Gasteiger partial charge in [0.25, 0.3) is 0 Å². The monoisotopic (exact) mass is 339 g/mol. The third-order valence-corrected chi connectivity index (χ3v) is 4.07. The van der Waals surface area contributed by atoms with Crippen molar-refractivity contribution in [3.8, 4) is 0 Å². The van der Waals surface area contributed by atoms with Crippen LogP contribution in [-0.2, 0) is 19.0 Å². The first-order valence-electron chi connectivity index (χ1n) is 7.53. The second kappa shape index (κ2) is 8.45. The van der Waals surface area contributed by atoms with Crippen LogP contribution in [0.15, 0.2) is 30.3 Å². The van der Waals surface area contributed by atoms with E-state index < -0.39 is 12.1 Å². The molecule has 1 fully saturated rings. The summed E-state index contributed by atoms with van der Waals surface area (Å²) >= 11 is 5.88. The van der Waals surface area contributed by atoms with Gasteiger partial charge in [-0.3, -0.25) is 4.79 Å². The van der Waals surface area contributed by atoms with Gasteiger partial charge in [0.2, 0.25) is 0 Å². The summed E-state index contributed by atoms with van der Waals surface area (Å²) in [5, 5.41) is 0.680. The van der Waals surface area contributed by atoms with Gasteiger partial charge in [0.15, 0.2) is 6.10 Å². The fourth-order valence-corrected chi connectivity index (χ4v) is 2.73. The second-order valence-corrected chi connectivity index (χ2v) is 5.98. The van der Waals surface area contributed by atoms with Gasteiger partial charge in [0.1, 0.15) is 12.2 Å². The Balaban J connectivity index is 2.15. The van der Waals surface area contributed by atoms with E-state index in [-0.39, 0.29) is 24.7 Å². The van der Waals surface area contributed by atoms with E-state index in [2.05, 4.69) is 0 Å². The van der Waals surface area contributed by atoms with Crippen LogP contribution in [0.25, 0.3) is 6.08 Å². The highest BCUT2D eigenvalue weighted by Gasteiger charge is 2.40. The van der Waals surface area contributed by atoms with E-state index in [1.807, 2.05) is 43.3 Å². The zero-order valence-electron chi connectivity index (χ0n) is 13.3. The third-order valence-electron chi connectivity index (χ3n) is 3.81. The minimum Gasteiger partial charge on any atom is -0.455 e. The number of methoxy groups -OCH3 is 1. The molecule has 5 nitrogen and oxygen atoms in total. The molecule has 0 saturated carbocycles. The Morgan fingerprint density at radius 3 is 2.70 bits per heavy atom. The topological polar surface area (TPSA) is 70.8 Å². The fraction of sp³-hybridized carbons (Fsp3) is 0.471. The average molecular weight is 340 g/mol. The molecule has 4 atom stereocenters. The molecule has 23 heavy (non-hydrogen) atoms. The van der Waals surface area contributed by atoms with Crippen LogP contribution in [0.2, 0.25) is 5.02 Å². The normalized spacial score (nSPS) is 28.0. The first-order chi connectivity index (χ1) is 11.0. The van der Waals surface area contributed by atoms with Crippen molar-refractivity contribution in [2.45, 2.75) is 25.2 Å². The van der Waals surface area contributed by atoms with Crippen molar-refractivity contribution >= 4 is 23.6 Å². The summed E-state index contributed by atoms with van der Waals surface area (Å²) in [6.45, 7) is 2.36. The van der Waals surface area contributed by atoms with Crippen LogP contribution in [0, 0.1) is 5.92 Å². The number of nitrogens with two attached hydrogens (primary N) is 1. The Bertz CT molecular complexity index is 546. The predicted octanol–water partition coefficient (Wildman–Crippen LogP) is 2.27. The van der Waals surface area contributed by atoms with Crippen LogP contribution < -0.4 is 5.73 Å². The van der Waals surface area contributed by atoms with E-state index in [9.17, 15) is 4.79 Å². The van der Waals surface area contributed by atoms with Crippen LogP contribution >= 0.6 is 11.6 Å². The molecule has 2 rings (SSSR count). The van der Waals surface area contributed by atoms with E-state index in [1.54, 1.807) is 7.11 Å². The zero-order chi connectivity index (χ0) is 16.8. The molecule has 0 bridgehead atoms. The van der Waals surface area contributed by atoms with Gasteiger partial charge in [0.05, 0.1) is 13.2 Å². The lowest BCUT2D eigenvalue weighted by Crippen LogP contribution is -2.52. The van der Waals surface area contributed by atoms with Crippen molar-refractivity contribution in [2.75, 3.05) is 20.3 Å². The third kappa shape index (κ3) is 4.78. The molecule has 0 spiro atoms. The molecular formula is C17H22ClNO4. The van der Waals surface area contributed by atoms with E-state index in [0.717, 1.165) is 5.56 Å². The lowest BCUT2D eigenvalue weighted by atomic mass is 9.93.